The lowest BCUT2D eigenvalue weighted by atomic mass is 10.1. The summed E-state index contributed by atoms with van der Waals surface area (Å²) in [7, 11) is 2.64. The number of amides is 1. The third-order valence-electron chi connectivity index (χ3n) is 5.35. The number of carboxylic acids is 1. The van der Waals surface area contributed by atoms with Gasteiger partial charge in [0.25, 0.3) is 5.91 Å². The summed E-state index contributed by atoms with van der Waals surface area (Å²) >= 11 is 0. The Labute approximate surface area is 225 Å². The van der Waals surface area contributed by atoms with Crippen LogP contribution >= 0.6 is 0 Å². The summed E-state index contributed by atoms with van der Waals surface area (Å²) in [5.74, 6) is -5.46. The van der Waals surface area contributed by atoms with Gasteiger partial charge in [0.2, 0.25) is 12.2 Å². The van der Waals surface area contributed by atoms with Crippen LogP contribution in [0.5, 0.6) is 11.5 Å². The number of carboxylic acid groups (broad SMARTS) is 1. The first-order valence-electron chi connectivity index (χ1n) is 11.3. The average Bonchev–Trinajstić information content (AvgIpc) is 2.94. The zero-order valence-electron chi connectivity index (χ0n) is 20.9. The molecule has 3 rings (SSSR count). The van der Waals surface area contributed by atoms with E-state index in [1.165, 1.54) is 68.8 Å². The molecule has 0 saturated heterocycles. The lowest BCUT2D eigenvalue weighted by Crippen LogP contribution is -2.48. The first-order valence-corrected chi connectivity index (χ1v) is 11.3. The van der Waals surface area contributed by atoms with Crippen LogP contribution in [0.25, 0.3) is 0 Å². The SMILES string of the molecule is COc1cccc(C(=O)O[C@H](C(=O)O)[C@H](OC(=O)c2cccc(OC)c2)C(=O)Nc2ccccc2C(F)(F)F)c1. The van der Waals surface area contributed by atoms with Crippen LogP contribution < -0.4 is 14.8 Å². The summed E-state index contributed by atoms with van der Waals surface area (Å²) in [5.41, 5.74) is -2.35. The van der Waals surface area contributed by atoms with Gasteiger partial charge in [0, 0.05) is 0 Å². The maximum atomic E-state index is 13.5. The Balaban J connectivity index is 1.99. The predicted octanol–water partition coefficient (Wildman–Crippen LogP) is 4.20. The third kappa shape index (κ3) is 7.28. The largest absolute Gasteiger partial charge is 0.497 e. The molecule has 0 aliphatic rings. The lowest BCUT2D eigenvalue weighted by molar-refractivity contribution is -0.157. The number of aliphatic carboxylic acids is 1. The van der Waals surface area contributed by atoms with Gasteiger partial charge >= 0.3 is 24.1 Å². The number of benzene rings is 3. The summed E-state index contributed by atoms with van der Waals surface area (Å²) in [6, 6.07) is 14.6. The summed E-state index contributed by atoms with van der Waals surface area (Å²) in [6.45, 7) is 0. The first-order chi connectivity index (χ1) is 18.9. The number of ether oxygens (including phenoxy) is 4. The second kappa shape index (κ2) is 12.7. The second-order valence-corrected chi connectivity index (χ2v) is 7.99. The van der Waals surface area contributed by atoms with E-state index in [-0.39, 0.29) is 22.6 Å². The molecule has 1 amide bonds. The van der Waals surface area contributed by atoms with Gasteiger partial charge < -0.3 is 29.4 Å². The first kappa shape index (κ1) is 29.5. The number of carbonyl (C=O) groups is 4. The predicted molar refractivity (Wildman–Crippen MR) is 132 cm³/mol. The number of nitrogens with one attached hydrogen (secondary N) is 1. The molecule has 0 saturated carbocycles. The summed E-state index contributed by atoms with van der Waals surface area (Å²) in [5, 5.41) is 11.8. The number of hydrogen-bond donors (Lipinski definition) is 2. The molecule has 13 heteroatoms. The van der Waals surface area contributed by atoms with Gasteiger partial charge in [-0.1, -0.05) is 24.3 Å². The smallest absolute Gasteiger partial charge is 0.418 e. The maximum absolute atomic E-state index is 13.5. The van der Waals surface area contributed by atoms with E-state index in [9.17, 15) is 37.5 Å². The van der Waals surface area contributed by atoms with Crippen molar-refractivity contribution in [3.63, 3.8) is 0 Å². The van der Waals surface area contributed by atoms with Crippen LogP contribution in [0.2, 0.25) is 0 Å². The number of alkyl halides is 3. The maximum Gasteiger partial charge on any atom is 0.418 e. The van der Waals surface area contributed by atoms with Gasteiger partial charge in [0.1, 0.15) is 11.5 Å². The van der Waals surface area contributed by atoms with E-state index in [4.69, 9.17) is 18.9 Å². The van der Waals surface area contributed by atoms with Crippen molar-refractivity contribution in [2.75, 3.05) is 19.5 Å². The fourth-order valence-corrected chi connectivity index (χ4v) is 3.40. The molecular formula is C27H22F3NO9. The van der Waals surface area contributed by atoms with Crippen molar-refractivity contribution in [3.05, 3.63) is 89.5 Å². The van der Waals surface area contributed by atoms with E-state index in [0.717, 1.165) is 12.1 Å². The van der Waals surface area contributed by atoms with Crippen molar-refractivity contribution in [3.8, 4) is 11.5 Å². The number of methoxy groups -OCH3 is 2. The number of halogens is 3. The summed E-state index contributed by atoms with van der Waals surface area (Å²) in [4.78, 5) is 51.0. The standard InChI is InChI=1S/C27H22F3NO9/c1-37-17-9-5-7-15(13-17)25(35)39-21(23(32)31-20-12-4-3-11-19(20)27(28,29)30)22(24(33)34)40-26(36)16-8-6-10-18(14-16)38-2/h3-14,21-22H,1-2H3,(H,31,32)(H,33,34)/t21-,22-/m0/s1. The fourth-order valence-electron chi connectivity index (χ4n) is 3.40. The molecule has 0 unspecified atom stereocenters. The normalized spacial score (nSPS) is 12.4. The Bertz CT molecular complexity index is 1410. The van der Waals surface area contributed by atoms with E-state index in [1.54, 1.807) is 0 Å². The molecule has 210 valence electrons. The minimum atomic E-state index is -4.89. The number of hydrogen-bond acceptors (Lipinski definition) is 8. The number of carbonyl (C=O) groups excluding carboxylic acids is 3. The van der Waals surface area contributed by atoms with Gasteiger partial charge in [-0.2, -0.15) is 13.2 Å². The fraction of sp³-hybridized carbons (Fsp3) is 0.185. The van der Waals surface area contributed by atoms with Crippen LogP contribution in [-0.2, 0) is 25.2 Å². The highest BCUT2D eigenvalue weighted by atomic mass is 19.4. The molecular weight excluding hydrogens is 539 g/mol. The van der Waals surface area contributed by atoms with Gasteiger partial charge in [0.15, 0.2) is 0 Å². The van der Waals surface area contributed by atoms with Crippen LogP contribution in [0.15, 0.2) is 72.8 Å². The average molecular weight is 561 g/mol. The van der Waals surface area contributed by atoms with Crippen molar-refractivity contribution in [2.45, 2.75) is 18.4 Å². The minimum absolute atomic E-state index is 0.175. The molecule has 0 spiro atoms. The van der Waals surface area contributed by atoms with Crippen LogP contribution in [0, 0.1) is 0 Å². The molecule has 10 nitrogen and oxygen atoms in total. The molecule has 0 heterocycles. The van der Waals surface area contributed by atoms with Crippen LogP contribution in [0.3, 0.4) is 0 Å². The highest BCUT2D eigenvalue weighted by Crippen LogP contribution is 2.34. The van der Waals surface area contributed by atoms with Gasteiger partial charge in [0.05, 0.1) is 36.6 Å². The molecule has 3 aromatic carbocycles. The Morgan fingerprint density at radius 1 is 0.750 bits per heavy atom. The van der Waals surface area contributed by atoms with Crippen LogP contribution in [0.4, 0.5) is 18.9 Å². The highest BCUT2D eigenvalue weighted by Gasteiger charge is 2.42. The molecule has 0 radical (unpaired) electrons. The topological polar surface area (TPSA) is 137 Å². The van der Waals surface area contributed by atoms with Crippen LogP contribution in [0.1, 0.15) is 26.3 Å². The van der Waals surface area contributed by atoms with Gasteiger partial charge in [-0.25, -0.2) is 14.4 Å². The number of para-hydroxylation sites is 1. The number of anilines is 1. The van der Waals surface area contributed by atoms with Gasteiger partial charge in [-0.05, 0) is 48.5 Å². The van der Waals surface area contributed by atoms with Gasteiger partial charge in [-0.15, -0.1) is 0 Å². The third-order valence-corrected chi connectivity index (χ3v) is 5.35. The summed E-state index contributed by atoms with van der Waals surface area (Å²) in [6.07, 6.45) is -9.78. The molecule has 40 heavy (non-hydrogen) atoms. The molecule has 0 aliphatic heterocycles. The second-order valence-electron chi connectivity index (χ2n) is 7.99. The monoisotopic (exact) mass is 561 g/mol. The van der Waals surface area contributed by atoms with Crippen molar-refractivity contribution in [1.29, 1.82) is 0 Å². The zero-order valence-corrected chi connectivity index (χ0v) is 20.9. The Morgan fingerprint density at radius 3 is 1.73 bits per heavy atom. The molecule has 0 aromatic heterocycles. The van der Waals surface area contributed by atoms with E-state index < -0.39 is 53.5 Å². The number of rotatable bonds is 10. The Kier molecular flexibility index (Phi) is 9.33. The van der Waals surface area contributed by atoms with E-state index in [1.807, 2.05) is 5.32 Å². The highest BCUT2D eigenvalue weighted by molar-refractivity contribution is 6.02. The zero-order chi connectivity index (χ0) is 29.4. The molecule has 0 aliphatic carbocycles. The molecule has 3 aromatic rings. The van der Waals surface area contributed by atoms with Crippen molar-refractivity contribution >= 4 is 29.5 Å². The lowest BCUT2D eigenvalue weighted by Gasteiger charge is -2.24. The Hall–Kier alpha value is -5.07. The van der Waals surface area contributed by atoms with Crippen LogP contribution in [-0.4, -0.2) is 55.3 Å². The Morgan fingerprint density at radius 2 is 1.25 bits per heavy atom. The molecule has 2 atom stereocenters. The van der Waals surface area contributed by atoms with Gasteiger partial charge in [-0.3, -0.25) is 4.79 Å². The molecule has 0 fully saturated rings. The summed E-state index contributed by atoms with van der Waals surface area (Å²) < 4.78 is 60.6. The number of esters is 2. The van der Waals surface area contributed by atoms with Crippen molar-refractivity contribution < 1.29 is 56.4 Å². The van der Waals surface area contributed by atoms with E-state index >= 15 is 0 Å². The quantitative estimate of drug-likeness (QED) is 0.349. The molecule has 2 N–H and O–H groups in total. The van der Waals surface area contributed by atoms with E-state index in [0.29, 0.717) is 6.07 Å². The van der Waals surface area contributed by atoms with Crippen molar-refractivity contribution in [1.82, 2.24) is 0 Å². The molecule has 0 bridgehead atoms. The minimum Gasteiger partial charge on any atom is -0.497 e. The van der Waals surface area contributed by atoms with E-state index in [2.05, 4.69) is 0 Å². The van der Waals surface area contributed by atoms with Crippen molar-refractivity contribution in [2.24, 2.45) is 0 Å².